The van der Waals surface area contributed by atoms with Crippen molar-refractivity contribution >= 4 is 11.9 Å². The average molecular weight is 240 g/mol. The molecule has 4 nitrogen and oxygen atoms in total. The summed E-state index contributed by atoms with van der Waals surface area (Å²) >= 11 is 0. The van der Waals surface area contributed by atoms with Crippen LogP contribution < -0.4 is 0 Å². The van der Waals surface area contributed by atoms with E-state index in [-0.39, 0.29) is 13.2 Å². The van der Waals surface area contributed by atoms with Gasteiger partial charge in [-0.05, 0) is 40.0 Å². The molecule has 0 N–H and O–H groups in total. The minimum atomic E-state index is -1.12. The summed E-state index contributed by atoms with van der Waals surface area (Å²) in [7, 11) is 0. The largest absolute Gasteiger partial charge is 0.465 e. The fourth-order valence-electron chi connectivity index (χ4n) is 2.17. The van der Waals surface area contributed by atoms with Crippen molar-refractivity contribution in [2.75, 3.05) is 13.2 Å². The van der Waals surface area contributed by atoms with Crippen molar-refractivity contribution in [2.45, 2.75) is 40.0 Å². The first-order valence-electron chi connectivity index (χ1n) is 6.07. The molecule has 0 amide bonds. The fraction of sp³-hybridized carbons (Fsp3) is 0.692. The summed E-state index contributed by atoms with van der Waals surface area (Å²) in [6.07, 6.45) is 3.65. The zero-order chi connectivity index (χ0) is 12.9. The van der Waals surface area contributed by atoms with E-state index >= 15 is 0 Å². The van der Waals surface area contributed by atoms with Gasteiger partial charge in [-0.25, -0.2) is 0 Å². The van der Waals surface area contributed by atoms with E-state index in [2.05, 4.69) is 6.08 Å². The molecule has 0 spiro atoms. The van der Waals surface area contributed by atoms with Gasteiger partial charge in [-0.2, -0.15) is 0 Å². The van der Waals surface area contributed by atoms with E-state index in [9.17, 15) is 9.59 Å². The highest BCUT2D eigenvalue weighted by molar-refractivity contribution is 6.00. The number of hydrogen-bond donors (Lipinski definition) is 0. The molecule has 96 valence electrons. The van der Waals surface area contributed by atoms with Gasteiger partial charge < -0.3 is 9.47 Å². The van der Waals surface area contributed by atoms with Crippen LogP contribution in [0.15, 0.2) is 11.6 Å². The lowest BCUT2D eigenvalue weighted by atomic mass is 9.74. The monoisotopic (exact) mass is 240 g/mol. The minimum absolute atomic E-state index is 0.281. The molecule has 1 aliphatic rings. The van der Waals surface area contributed by atoms with Crippen LogP contribution in [-0.4, -0.2) is 25.2 Å². The molecule has 1 aliphatic carbocycles. The lowest BCUT2D eigenvalue weighted by Crippen LogP contribution is -2.43. The molecule has 17 heavy (non-hydrogen) atoms. The van der Waals surface area contributed by atoms with E-state index in [1.165, 1.54) is 0 Å². The molecule has 0 radical (unpaired) electrons. The van der Waals surface area contributed by atoms with E-state index in [0.29, 0.717) is 19.3 Å². The van der Waals surface area contributed by atoms with Crippen molar-refractivity contribution in [3.63, 3.8) is 0 Å². The van der Waals surface area contributed by atoms with Crippen LogP contribution in [0.1, 0.15) is 40.0 Å². The van der Waals surface area contributed by atoms with Gasteiger partial charge in [0.05, 0.1) is 13.2 Å². The Balaban J connectivity index is 2.96. The second-order valence-corrected chi connectivity index (χ2v) is 4.29. The van der Waals surface area contributed by atoms with E-state index in [4.69, 9.17) is 9.47 Å². The van der Waals surface area contributed by atoms with Gasteiger partial charge in [-0.1, -0.05) is 11.6 Å². The SMILES string of the molecule is CCOC(=O)C1(C(=O)OCC)CCC=C(C)C1. The first-order valence-corrected chi connectivity index (χ1v) is 6.07. The molecule has 0 saturated carbocycles. The third-order valence-corrected chi connectivity index (χ3v) is 2.98. The van der Waals surface area contributed by atoms with E-state index in [1.807, 2.05) is 6.92 Å². The van der Waals surface area contributed by atoms with Gasteiger partial charge in [-0.15, -0.1) is 0 Å². The van der Waals surface area contributed by atoms with Gasteiger partial charge in [0.2, 0.25) is 0 Å². The zero-order valence-corrected chi connectivity index (χ0v) is 10.7. The maximum Gasteiger partial charge on any atom is 0.323 e. The molecule has 0 bridgehead atoms. The van der Waals surface area contributed by atoms with Crippen LogP contribution in [0, 0.1) is 5.41 Å². The predicted octanol–water partition coefficient (Wildman–Crippen LogP) is 2.23. The van der Waals surface area contributed by atoms with Gasteiger partial charge in [0.25, 0.3) is 0 Å². The summed E-state index contributed by atoms with van der Waals surface area (Å²) in [4.78, 5) is 24.1. The van der Waals surface area contributed by atoms with Crippen LogP contribution in [0.3, 0.4) is 0 Å². The highest BCUT2D eigenvalue weighted by Crippen LogP contribution is 2.38. The highest BCUT2D eigenvalue weighted by Gasteiger charge is 2.49. The molecule has 1 rings (SSSR count). The Morgan fingerprint density at radius 3 is 2.18 bits per heavy atom. The normalized spacial score (nSPS) is 18.2. The zero-order valence-electron chi connectivity index (χ0n) is 10.7. The molecule has 0 aliphatic heterocycles. The summed E-state index contributed by atoms with van der Waals surface area (Å²) in [5.74, 6) is -0.906. The molecule has 0 fully saturated rings. The van der Waals surface area contributed by atoms with Crippen molar-refractivity contribution < 1.29 is 19.1 Å². The summed E-state index contributed by atoms with van der Waals surface area (Å²) in [5, 5.41) is 0. The molecule has 4 heteroatoms. The molecule has 0 aromatic heterocycles. The van der Waals surface area contributed by atoms with Gasteiger partial charge >= 0.3 is 11.9 Å². The van der Waals surface area contributed by atoms with Gasteiger partial charge in [-0.3, -0.25) is 9.59 Å². The van der Waals surface area contributed by atoms with Crippen LogP contribution in [0.2, 0.25) is 0 Å². The number of esters is 2. The van der Waals surface area contributed by atoms with E-state index in [1.54, 1.807) is 13.8 Å². The molecular weight excluding hydrogens is 220 g/mol. The number of hydrogen-bond acceptors (Lipinski definition) is 4. The van der Waals surface area contributed by atoms with Gasteiger partial charge in [0.15, 0.2) is 5.41 Å². The Hall–Kier alpha value is -1.32. The van der Waals surface area contributed by atoms with Crippen LogP contribution in [0.25, 0.3) is 0 Å². The van der Waals surface area contributed by atoms with Crippen LogP contribution >= 0.6 is 0 Å². The molecule has 0 atom stereocenters. The maximum absolute atomic E-state index is 12.0. The van der Waals surface area contributed by atoms with Crippen molar-refractivity contribution in [3.05, 3.63) is 11.6 Å². The van der Waals surface area contributed by atoms with E-state index < -0.39 is 17.4 Å². The third kappa shape index (κ3) is 2.87. The molecule has 0 unspecified atom stereocenters. The van der Waals surface area contributed by atoms with Crippen LogP contribution in [-0.2, 0) is 19.1 Å². The van der Waals surface area contributed by atoms with Crippen LogP contribution in [0.4, 0.5) is 0 Å². The fourth-order valence-corrected chi connectivity index (χ4v) is 2.17. The Kier molecular flexibility index (Phi) is 4.73. The first-order chi connectivity index (χ1) is 8.06. The summed E-state index contributed by atoms with van der Waals surface area (Å²) in [6.45, 7) is 5.96. The van der Waals surface area contributed by atoms with Crippen LogP contribution in [0.5, 0.6) is 0 Å². The van der Waals surface area contributed by atoms with Gasteiger partial charge in [0, 0.05) is 0 Å². The average Bonchev–Trinajstić information content (AvgIpc) is 2.29. The highest BCUT2D eigenvalue weighted by atomic mass is 16.6. The number of carbonyl (C=O) groups excluding carboxylic acids is 2. The Morgan fingerprint density at radius 2 is 1.76 bits per heavy atom. The van der Waals surface area contributed by atoms with Crippen molar-refractivity contribution in [1.29, 1.82) is 0 Å². The topological polar surface area (TPSA) is 52.6 Å². The maximum atomic E-state index is 12.0. The minimum Gasteiger partial charge on any atom is -0.465 e. The summed E-state index contributed by atoms with van der Waals surface area (Å²) in [6, 6.07) is 0. The summed E-state index contributed by atoms with van der Waals surface area (Å²) in [5.41, 5.74) is -0.0810. The Bertz CT molecular complexity index is 312. The molecule has 0 aromatic rings. The molecule has 0 saturated heterocycles. The van der Waals surface area contributed by atoms with E-state index in [0.717, 1.165) is 5.57 Å². The molecule has 0 aromatic carbocycles. The number of rotatable bonds is 4. The van der Waals surface area contributed by atoms with Crippen molar-refractivity contribution in [3.8, 4) is 0 Å². The van der Waals surface area contributed by atoms with Gasteiger partial charge in [0.1, 0.15) is 0 Å². The number of allylic oxidation sites excluding steroid dienone is 2. The Morgan fingerprint density at radius 1 is 1.24 bits per heavy atom. The molecule has 0 heterocycles. The van der Waals surface area contributed by atoms with Crippen molar-refractivity contribution in [2.24, 2.45) is 5.41 Å². The smallest absolute Gasteiger partial charge is 0.323 e. The lowest BCUT2D eigenvalue weighted by molar-refractivity contribution is -0.173. The third-order valence-electron chi connectivity index (χ3n) is 2.98. The predicted molar refractivity (Wildman–Crippen MR) is 63.3 cm³/mol. The lowest BCUT2D eigenvalue weighted by Gasteiger charge is -2.31. The number of ether oxygens (including phenoxy) is 2. The second kappa shape index (κ2) is 5.84. The Labute approximate surface area is 102 Å². The standard InChI is InChI=1S/C13H20O4/c1-4-16-11(14)13(12(15)17-5-2)8-6-7-10(3)9-13/h7H,4-6,8-9H2,1-3H3. The second-order valence-electron chi connectivity index (χ2n) is 4.29. The quantitative estimate of drug-likeness (QED) is 0.429. The van der Waals surface area contributed by atoms with Crippen molar-refractivity contribution in [1.82, 2.24) is 0 Å². The first kappa shape index (κ1) is 13.7. The number of carbonyl (C=O) groups is 2. The molecular formula is C13H20O4. The summed E-state index contributed by atoms with van der Waals surface area (Å²) < 4.78 is 10.1.